The molecule has 0 aromatic carbocycles. The minimum atomic E-state index is 0.394. The Morgan fingerprint density at radius 1 is 1.16 bits per heavy atom. The van der Waals surface area contributed by atoms with E-state index in [4.69, 9.17) is 4.74 Å². The van der Waals surface area contributed by atoms with Crippen molar-refractivity contribution in [2.45, 2.75) is 78.4 Å². The summed E-state index contributed by atoms with van der Waals surface area (Å²) in [5.74, 6) is 2.69. The van der Waals surface area contributed by atoms with Crippen LogP contribution in [0.5, 0.6) is 0 Å². The second kappa shape index (κ2) is 8.97. The molecular weight excluding hydrogens is 234 g/mol. The molecule has 5 atom stereocenters. The van der Waals surface area contributed by atoms with Gasteiger partial charge in [-0.25, -0.2) is 0 Å². The second-order valence-electron chi connectivity index (χ2n) is 6.71. The van der Waals surface area contributed by atoms with Gasteiger partial charge in [0.2, 0.25) is 0 Å². The van der Waals surface area contributed by atoms with Gasteiger partial charge in [0.25, 0.3) is 0 Å². The van der Waals surface area contributed by atoms with Gasteiger partial charge in [0, 0.05) is 13.2 Å². The Labute approximate surface area is 120 Å². The third-order valence-electron chi connectivity index (χ3n) is 5.15. The first-order chi connectivity index (χ1) is 9.08. The van der Waals surface area contributed by atoms with Crippen molar-refractivity contribution in [3.63, 3.8) is 0 Å². The molecule has 5 unspecified atom stereocenters. The standard InChI is InChI=1S/C17H35NO/c1-6-11-18-17(10-8-15(4)19-5)16-9-7-13(2)14(3)12-16/h13-18H,6-12H2,1-5H3. The van der Waals surface area contributed by atoms with Gasteiger partial charge >= 0.3 is 0 Å². The lowest BCUT2D eigenvalue weighted by atomic mass is 9.72. The summed E-state index contributed by atoms with van der Waals surface area (Å²) in [6.45, 7) is 10.5. The molecule has 0 bridgehead atoms. The van der Waals surface area contributed by atoms with Crippen molar-refractivity contribution in [2.75, 3.05) is 13.7 Å². The van der Waals surface area contributed by atoms with Gasteiger partial charge in [0.1, 0.15) is 0 Å². The van der Waals surface area contributed by atoms with E-state index in [1.807, 2.05) is 7.11 Å². The van der Waals surface area contributed by atoms with Gasteiger partial charge < -0.3 is 10.1 Å². The first-order valence-corrected chi connectivity index (χ1v) is 8.34. The molecule has 1 aliphatic carbocycles. The van der Waals surface area contributed by atoms with Crippen molar-refractivity contribution in [2.24, 2.45) is 17.8 Å². The maximum absolute atomic E-state index is 5.40. The maximum Gasteiger partial charge on any atom is 0.0543 e. The summed E-state index contributed by atoms with van der Waals surface area (Å²) in [5, 5.41) is 3.80. The summed E-state index contributed by atoms with van der Waals surface area (Å²) in [5.41, 5.74) is 0. The van der Waals surface area contributed by atoms with E-state index in [1.54, 1.807) is 0 Å². The Hall–Kier alpha value is -0.0800. The Morgan fingerprint density at radius 2 is 1.89 bits per heavy atom. The zero-order chi connectivity index (χ0) is 14.3. The molecule has 114 valence electrons. The number of nitrogens with one attached hydrogen (secondary N) is 1. The molecule has 0 aromatic rings. The number of hydrogen-bond donors (Lipinski definition) is 1. The van der Waals surface area contributed by atoms with Gasteiger partial charge in [-0.05, 0) is 63.3 Å². The van der Waals surface area contributed by atoms with E-state index < -0.39 is 0 Å². The van der Waals surface area contributed by atoms with Crippen molar-refractivity contribution in [3.05, 3.63) is 0 Å². The smallest absolute Gasteiger partial charge is 0.0543 e. The quantitative estimate of drug-likeness (QED) is 0.711. The highest BCUT2D eigenvalue weighted by Crippen LogP contribution is 2.36. The zero-order valence-electron chi connectivity index (χ0n) is 13.7. The molecule has 2 heteroatoms. The summed E-state index contributed by atoms with van der Waals surface area (Å²) >= 11 is 0. The molecular formula is C17H35NO. The van der Waals surface area contributed by atoms with Crippen LogP contribution in [-0.4, -0.2) is 25.8 Å². The Bertz CT molecular complexity index is 231. The fourth-order valence-corrected chi connectivity index (χ4v) is 3.32. The van der Waals surface area contributed by atoms with Crippen molar-refractivity contribution < 1.29 is 4.74 Å². The van der Waals surface area contributed by atoms with Crippen LogP contribution in [0.3, 0.4) is 0 Å². The molecule has 0 amide bonds. The van der Waals surface area contributed by atoms with Crippen LogP contribution in [0.15, 0.2) is 0 Å². The van der Waals surface area contributed by atoms with E-state index in [2.05, 4.69) is 33.0 Å². The summed E-state index contributed by atoms with van der Waals surface area (Å²) in [6, 6.07) is 0.701. The van der Waals surface area contributed by atoms with Gasteiger partial charge in [-0.2, -0.15) is 0 Å². The Kier molecular flexibility index (Phi) is 8.01. The van der Waals surface area contributed by atoms with Gasteiger partial charge in [0.15, 0.2) is 0 Å². The first-order valence-electron chi connectivity index (χ1n) is 8.34. The highest BCUT2D eigenvalue weighted by atomic mass is 16.5. The molecule has 0 aliphatic heterocycles. The van der Waals surface area contributed by atoms with Crippen LogP contribution in [0.25, 0.3) is 0 Å². The largest absolute Gasteiger partial charge is 0.382 e. The van der Waals surface area contributed by atoms with Crippen molar-refractivity contribution >= 4 is 0 Å². The molecule has 0 radical (unpaired) electrons. The van der Waals surface area contributed by atoms with E-state index >= 15 is 0 Å². The molecule has 1 N–H and O–H groups in total. The van der Waals surface area contributed by atoms with Crippen LogP contribution in [0.2, 0.25) is 0 Å². The number of ether oxygens (including phenoxy) is 1. The van der Waals surface area contributed by atoms with Crippen LogP contribution in [0.4, 0.5) is 0 Å². The topological polar surface area (TPSA) is 21.3 Å². The average Bonchev–Trinajstić information content (AvgIpc) is 2.42. The molecule has 0 spiro atoms. The van der Waals surface area contributed by atoms with Crippen LogP contribution < -0.4 is 5.32 Å². The van der Waals surface area contributed by atoms with Gasteiger partial charge in [0.05, 0.1) is 6.10 Å². The van der Waals surface area contributed by atoms with Crippen molar-refractivity contribution in [1.82, 2.24) is 5.32 Å². The van der Waals surface area contributed by atoms with Crippen molar-refractivity contribution in [1.29, 1.82) is 0 Å². The summed E-state index contributed by atoms with van der Waals surface area (Å²) in [4.78, 5) is 0. The minimum absolute atomic E-state index is 0.394. The van der Waals surface area contributed by atoms with Crippen LogP contribution in [0, 0.1) is 17.8 Å². The summed E-state index contributed by atoms with van der Waals surface area (Å²) < 4.78 is 5.40. The molecule has 0 aromatic heterocycles. The first kappa shape index (κ1) is 17.0. The van der Waals surface area contributed by atoms with E-state index in [-0.39, 0.29) is 0 Å². The SMILES string of the molecule is CCCNC(CCC(C)OC)C1CCC(C)C(C)C1. The maximum atomic E-state index is 5.40. The molecule has 0 saturated heterocycles. The molecule has 1 saturated carbocycles. The molecule has 1 rings (SSSR count). The van der Waals surface area contributed by atoms with Crippen LogP contribution >= 0.6 is 0 Å². The van der Waals surface area contributed by atoms with Crippen LogP contribution in [-0.2, 0) is 4.74 Å². The molecule has 0 heterocycles. The fourth-order valence-electron chi connectivity index (χ4n) is 3.32. The minimum Gasteiger partial charge on any atom is -0.382 e. The second-order valence-corrected chi connectivity index (χ2v) is 6.71. The Morgan fingerprint density at radius 3 is 2.47 bits per heavy atom. The lowest BCUT2D eigenvalue weighted by molar-refractivity contribution is 0.0968. The predicted molar refractivity (Wildman–Crippen MR) is 83.5 cm³/mol. The fraction of sp³-hybridized carbons (Fsp3) is 1.00. The van der Waals surface area contributed by atoms with Gasteiger partial charge in [-0.3, -0.25) is 0 Å². The number of hydrogen-bond acceptors (Lipinski definition) is 2. The number of methoxy groups -OCH3 is 1. The third-order valence-corrected chi connectivity index (χ3v) is 5.15. The highest BCUT2D eigenvalue weighted by Gasteiger charge is 2.29. The summed E-state index contributed by atoms with van der Waals surface area (Å²) in [6.07, 6.45) is 8.30. The van der Waals surface area contributed by atoms with Gasteiger partial charge in [-0.1, -0.05) is 27.2 Å². The predicted octanol–water partition coefficient (Wildman–Crippen LogP) is 4.24. The van der Waals surface area contributed by atoms with E-state index in [0.717, 1.165) is 24.3 Å². The lowest BCUT2D eigenvalue weighted by Crippen LogP contribution is -2.40. The number of rotatable bonds is 8. The van der Waals surface area contributed by atoms with E-state index in [1.165, 1.54) is 38.5 Å². The van der Waals surface area contributed by atoms with Crippen LogP contribution in [0.1, 0.15) is 66.2 Å². The normalized spacial score (nSPS) is 31.1. The third kappa shape index (κ3) is 5.83. The van der Waals surface area contributed by atoms with Crippen molar-refractivity contribution in [3.8, 4) is 0 Å². The molecule has 19 heavy (non-hydrogen) atoms. The van der Waals surface area contributed by atoms with E-state index in [0.29, 0.717) is 12.1 Å². The summed E-state index contributed by atoms with van der Waals surface area (Å²) in [7, 11) is 1.82. The van der Waals surface area contributed by atoms with Gasteiger partial charge in [-0.15, -0.1) is 0 Å². The lowest BCUT2D eigenvalue weighted by Gasteiger charge is -2.37. The molecule has 1 aliphatic rings. The van der Waals surface area contributed by atoms with E-state index in [9.17, 15) is 0 Å². The molecule has 1 fully saturated rings. The molecule has 2 nitrogen and oxygen atoms in total. The average molecular weight is 269 g/mol. The Balaban J connectivity index is 2.47. The monoisotopic (exact) mass is 269 g/mol. The zero-order valence-corrected chi connectivity index (χ0v) is 13.7. The highest BCUT2D eigenvalue weighted by molar-refractivity contribution is 4.84.